The minimum atomic E-state index is -0.645. The van der Waals surface area contributed by atoms with Gasteiger partial charge in [-0.3, -0.25) is 24.1 Å². The average molecular weight is 835 g/mol. The summed E-state index contributed by atoms with van der Waals surface area (Å²) in [4.78, 5) is 56.7. The van der Waals surface area contributed by atoms with Crippen molar-refractivity contribution in [2.45, 2.75) is 80.6 Å². The first-order valence-electron chi connectivity index (χ1n) is 21.6. The van der Waals surface area contributed by atoms with Crippen LogP contribution in [0.25, 0.3) is 0 Å². The average Bonchev–Trinajstić information content (AvgIpc) is 3.99. The second kappa shape index (κ2) is 22.3. The smallest absolute Gasteiger partial charge is 0.259 e. The number of aryl methyl sites for hydroxylation is 4. The quantitative estimate of drug-likeness (QED) is 0.154. The normalized spacial score (nSPS) is 15.0. The van der Waals surface area contributed by atoms with Gasteiger partial charge in [-0.25, -0.2) is 4.39 Å². The number of benzene rings is 4. The SMILES string of the molecule is CCC.Cc1ccc(C(=O)Nc2ccc(N3CCCC3)c(C(=O)N3CCCC3)c2F)cc1C.Cc1ccc(C(=O)Nc2cccc(NC(=O)CN3CCOCC3)c2C)cc1C. The molecule has 0 radical (unpaired) electrons. The summed E-state index contributed by atoms with van der Waals surface area (Å²) in [6, 6.07) is 19.9. The highest BCUT2D eigenvalue weighted by Crippen LogP contribution is 2.33. The van der Waals surface area contributed by atoms with Gasteiger partial charge in [0.15, 0.2) is 5.82 Å². The van der Waals surface area contributed by atoms with Crippen molar-refractivity contribution in [2.24, 2.45) is 0 Å². The van der Waals surface area contributed by atoms with Crippen molar-refractivity contribution in [3.8, 4) is 0 Å². The summed E-state index contributed by atoms with van der Waals surface area (Å²) in [5.74, 6) is -1.54. The Bertz CT molecular complexity index is 2170. The number of anilines is 4. The van der Waals surface area contributed by atoms with Gasteiger partial charge in [-0.2, -0.15) is 0 Å². The van der Waals surface area contributed by atoms with E-state index in [1.807, 2.05) is 77.1 Å². The number of nitrogens with zero attached hydrogens (tertiary/aromatic N) is 3. The molecule has 4 aromatic rings. The van der Waals surface area contributed by atoms with Gasteiger partial charge in [-0.05, 0) is 137 Å². The van der Waals surface area contributed by atoms with Crippen molar-refractivity contribution < 1.29 is 28.3 Å². The van der Waals surface area contributed by atoms with Crippen molar-refractivity contribution >= 4 is 46.4 Å². The third-order valence-corrected chi connectivity index (χ3v) is 11.3. The predicted molar refractivity (Wildman–Crippen MR) is 244 cm³/mol. The Labute approximate surface area is 361 Å². The molecule has 3 aliphatic rings. The lowest BCUT2D eigenvalue weighted by Crippen LogP contribution is -2.41. The van der Waals surface area contributed by atoms with E-state index in [4.69, 9.17) is 4.74 Å². The summed E-state index contributed by atoms with van der Waals surface area (Å²) in [5, 5.41) is 8.58. The lowest BCUT2D eigenvalue weighted by molar-refractivity contribution is -0.118. The molecule has 3 heterocycles. The Kier molecular flexibility index (Phi) is 17.0. The summed E-state index contributed by atoms with van der Waals surface area (Å²) >= 11 is 0. The fourth-order valence-corrected chi connectivity index (χ4v) is 7.38. The molecule has 3 fully saturated rings. The van der Waals surface area contributed by atoms with Gasteiger partial charge >= 0.3 is 0 Å². The van der Waals surface area contributed by atoms with Gasteiger partial charge in [-0.1, -0.05) is 38.5 Å². The minimum Gasteiger partial charge on any atom is -0.379 e. The first kappa shape index (κ1) is 46.5. The Morgan fingerprint density at radius 1 is 0.623 bits per heavy atom. The molecule has 326 valence electrons. The molecule has 11 nitrogen and oxygen atoms in total. The molecule has 4 amide bonds. The number of rotatable bonds is 9. The summed E-state index contributed by atoms with van der Waals surface area (Å²) in [6.45, 7) is 20.2. The summed E-state index contributed by atoms with van der Waals surface area (Å²) in [7, 11) is 0. The number of hydrogen-bond acceptors (Lipinski definition) is 7. The highest BCUT2D eigenvalue weighted by Gasteiger charge is 2.30. The highest BCUT2D eigenvalue weighted by atomic mass is 19.1. The Morgan fingerprint density at radius 3 is 1.67 bits per heavy atom. The first-order chi connectivity index (χ1) is 29.3. The molecule has 4 aromatic carbocycles. The van der Waals surface area contributed by atoms with E-state index in [2.05, 4.69) is 39.6 Å². The third kappa shape index (κ3) is 12.5. The topological polar surface area (TPSA) is 123 Å². The van der Waals surface area contributed by atoms with Crippen LogP contribution in [0.5, 0.6) is 0 Å². The lowest BCUT2D eigenvalue weighted by Gasteiger charge is -2.26. The maximum Gasteiger partial charge on any atom is 0.259 e. The number of nitrogens with one attached hydrogen (secondary N) is 3. The number of carbonyl (C=O) groups is 4. The maximum absolute atomic E-state index is 15.6. The van der Waals surface area contributed by atoms with Gasteiger partial charge in [0.2, 0.25) is 5.91 Å². The standard InChI is InChI=1S/C24H28FN3O2.C22H27N3O3.C3H8/c1-16-7-8-18(15-17(16)2)23(29)26-19-9-10-20(27-11-3-4-12-27)21(22(19)25)24(30)28-13-5-6-14-28;1-15-7-8-18(13-16(15)2)22(27)24-20-6-4-5-19(17(20)3)23-21(26)14-25-9-11-28-12-10-25;1-3-2/h7-10,15H,3-6,11-14H2,1-2H3,(H,26,29);4-8,13H,9-12,14H2,1-3H3,(H,23,26)(H,24,27);3H2,1-2H3. The second-order valence-electron chi connectivity index (χ2n) is 16.1. The molecular weight excluding hydrogens is 772 g/mol. The second-order valence-corrected chi connectivity index (χ2v) is 16.1. The van der Waals surface area contributed by atoms with Crippen LogP contribution in [0.2, 0.25) is 0 Å². The molecule has 0 saturated carbocycles. The number of morpholine rings is 1. The van der Waals surface area contributed by atoms with Crippen molar-refractivity contribution in [2.75, 3.05) is 79.9 Å². The number of carbonyl (C=O) groups excluding carboxylic acids is 4. The highest BCUT2D eigenvalue weighted by molar-refractivity contribution is 6.07. The molecule has 0 aliphatic carbocycles. The molecule has 3 N–H and O–H groups in total. The fourth-order valence-electron chi connectivity index (χ4n) is 7.38. The van der Waals surface area contributed by atoms with Crippen LogP contribution in [0.1, 0.15) is 105 Å². The molecule has 3 aliphatic heterocycles. The largest absolute Gasteiger partial charge is 0.379 e. The van der Waals surface area contributed by atoms with Gasteiger partial charge < -0.3 is 30.5 Å². The van der Waals surface area contributed by atoms with Gasteiger partial charge in [0.05, 0.1) is 31.1 Å². The molecule has 0 aromatic heterocycles. The lowest BCUT2D eigenvalue weighted by atomic mass is 10.1. The Balaban J connectivity index is 0.000000218. The van der Waals surface area contributed by atoms with Crippen molar-refractivity contribution in [1.82, 2.24) is 9.80 Å². The van der Waals surface area contributed by atoms with Crippen LogP contribution in [-0.4, -0.2) is 92.5 Å². The van der Waals surface area contributed by atoms with Crippen LogP contribution < -0.4 is 20.9 Å². The number of hydrogen-bond donors (Lipinski definition) is 3. The molecule has 7 rings (SSSR count). The van der Waals surface area contributed by atoms with E-state index in [9.17, 15) is 19.2 Å². The molecular formula is C49H63FN6O5. The fraction of sp³-hybridized carbons (Fsp3) is 0.429. The van der Waals surface area contributed by atoms with E-state index >= 15 is 4.39 Å². The minimum absolute atomic E-state index is 0.0451. The number of likely N-dealkylation sites (tertiary alicyclic amines) is 1. The van der Waals surface area contributed by atoms with E-state index in [-0.39, 0.29) is 34.9 Å². The molecule has 3 saturated heterocycles. The van der Waals surface area contributed by atoms with Gasteiger partial charge in [0.25, 0.3) is 17.7 Å². The summed E-state index contributed by atoms with van der Waals surface area (Å²) in [6.07, 6.45) is 5.19. The van der Waals surface area contributed by atoms with Gasteiger partial charge in [-0.15, -0.1) is 0 Å². The van der Waals surface area contributed by atoms with Crippen molar-refractivity contribution in [3.63, 3.8) is 0 Å². The van der Waals surface area contributed by atoms with E-state index in [1.54, 1.807) is 29.2 Å². The van der Waals surface area contributed by atoms with Crippen LogP contribution in [0.15, 0.2) is 66.7 Å². The zero-order valence-electron chi connectivity index (χ0n) is 37.0. The number of amides is 4. The van der Waals surface area contributed by atoms with Crippen LogP contribution in [0, 0.1) is 40.4 Å². The summed E-state index contributed by atoms with van der Waals surface area (Å²) < 4.78 is 20.9. The van der Waals surface area contributed by atoms with Gasteiger partial charge in [0.1, 0.15) is 5.56 Å². The zero-order valence-corrected chi connectivity index (χ0v) is 37.0. The maximum atomic E-state index is 15.6. The van der Waals surface area contributed by atoms with E-state index < -0.39 is 5.82 Å². The van der Waals surface area contributed by atoms with Crippen LogP contribution >= 0.6 is 0 Å². The molecule has 0 spiro atoms. The summed E-state index contributed by atoms with van der Waals surface area (Å²) in [5.41, 5.74) is 8.37. The van der Waals surface area contributed by atoms with Crippen LogP contribution in [-0.2, 0) is 9.53 Å². The Morgan fingerprint density at radius 2 is 1.13 bits per heavy atom. The Hall–Kier alpha value is -5.59. The van der Waals surface area contributed by atoms with Crippen molar-refractivity contribution in [3.05, 3.63) is 117 Å². The van der Waals surface area contributed by atoms with Crippen molar-refractivity contribution in [1.29, 1.82) is 0 Å². The van der Waals surface area contributed by atoms with E-state index in [0.29, 0.717) is 61.0 Å². The molecule has 0 bridgehead atoms. The molecule has 0 atom stereocenters. The molecule has 61 heavy (non-hydrogen) atoms. The number of halogens is 1. The monoisotopic (exact) mass is 834 g/mol. The first-order valence-corrected chi connectivity index (χ1v) is 21.6. The molecule has 12 heteroatoms. The van der Waals surface area contributed by atoms with Crippen LogP contribution in [0.3, 0.4) is 0 Å². The van der Waals surface area contributed by atoms with Gasteiger partial charge in [0, 0.05) is 61.8 Å². The zero-order chi connectivity index (χ0) is 44.1. The molecule has 0 unspecified atom stereocenters. The predicted octanol–water partition coefficient (Wildman–Crippen LogP) is 9.08. The third-order valence-electron chi connectivity index (χ3n) is 11.3. The van der Waals surface area contributed by atoms with E-state index in [1.165, 1.54) is 6.42 Å². The van der Waals surface area contributed by atoms with E-state index in [0.717, 1.165) is 79.7 Å². The number of ether oxygens (including phenoxy) is 1. The van der Waals surface area contributed by atoms with Crippen LogP contribution in [0.4, 0.5) is 27.1 Å².